The van der Waals surface area contributed by atoms with Gasteiger partial charge in [0.15, 0.2) is 0 Å². The molecule has 0 bridgehead atoms. The normalized spacial score (nSPS) is 16.4. The van der Waals surface area contributed by atoms with Crippen LogP contribution in [0.1, 0.15) is 23.6 Å². The van der Waals surface area contributed by atoms with E-state index in [2.05, 4.69) is 39.4 Å². The highest BCUT2D eigenvalue weighted by Crippen LogP contribution is 2.36. The van der Waals surface area contributed by atoms with E-state index in [1.165, 1.54) is 11.1 Å². The number of rotatable bonds is 4. The summed E-state index contributed by atoms with van der Waals surface area (Å²) in [7, 11) is 3.34. The van der Waals surface area contributed by atoms with Crippen molar-refractivity contribution in [3.8, 4) is 11.5 Å². The van der Waals surface area contributed by atoms with Gasteiger partial charge >= 0.3 is 0 Å². The van der Waals surface area contributed by atoms with Crippen molar-refractivity contribution in [1.29, 1.82) is 0 Å². The fourth-order valence-electron chi connectivity index (χ4n) is 2.83. The molecule has 0 spiro atoms. The maximum atomic E-state index is 5.32. The van der Waals surface area contributed by atoms with Crippen molar-refractivity contribution >= 4 is 21.6 Å². The van der Waals surface area contributed by atoms with Crippen LogP contribution in [0.5, 0.6) is 11.5 Å². The SMILES string of the molecule is COc1cc(NC2CCc3cc(Br)ccc32)cc(OC)c1. The minimum Gasteiger partial charge on any atom is -0.497 e. The van der Waals surface area contributed by atoms with Crippen LogP contribution in [0.25, 0.3) is 0 Å². The summed E-state index contributed by atoms with van der Waals surface area (Å²) < 4.78 is 11.8. The molecule has 0 radical (unpaired) electrons. The predicted molar refractivity (Wildman–Crippen MR) is 88.4 cm³/mol. The van der Waals surface area contributed by atoms with Gasteiger partial charge in [0.1, 0.15) is 11.5 Å². The van der Waals surface area contributed by atoms with Crippen molar-refractivity contribution < 1.29 is 9.47 Å². The lowest BCUT2D eigenvalue weighted by Crippen LogP contribution is -2.07. The Kier molecular flexibility index (Phi) is 4.06. The molecule has 0 saturated heterocycles. The number of anilines is 1. The Morgan fingerprint density at radius 2 is 1.76 bits per heavy atom. The van der Waals surface area contributed by atoms with Crippen LogP contribution in [0.15, 0.2) is 40.9 Å². The summed E-state index contributed by atoms with van der Waals surface area (Å²) in [5.41, 5.74) is 3.81. The van der Waals surface area contributed by atoms with Gasteiger partial charge in [0.05, 0.1) is 20.3 Å². The van der Waals surface area contributed by atoms with Crippen LogP contribution < -0.4 is 14.8 Å². The largest absolute Gasteiger partial charge is 0.497 e. The Morgan fingerprint density at radius 1 is 1.05 bits per heavy atom. The first kappa shape index (κ1) is 14.3. The minimum atomic E-state index is 0.338. The second-order valence-corrected chi connectivity index (χ2v) is 6.10. The minimum absolute atomic E-state index is 0.338. The molecule has 2 aromatic carbocycles. The molecule has 0 saturated carbocycles. The number of hydrogen-bond acceptors (Lipinski definition) is 3. The third-order valence-electron chi connectivity index (χ3n) is 3.88. The second kappa shape index (κ2) is 5.98. The Labute approximate surface area is 133 Å². The van der Waals surface area contributed by atoms with Crippen molar-refractivity contribution in [2.75, 3.05) is 19.5 Å². The Bertz CT molecular complexity index is 635. The van der Waals surface area contributed by atoms with Gasteiger partial charge in [0.2, 0.25) is 0 Å². The summed E-state index contributed by atoms with van der Waals surface area (Å²) >= 11 is 3.54. The van der Waals surface area contributed by atoms with Gasteiger partial charge in [-0.15, -0.1) is 0 Å². The highest BCUT2D eigenvalue weighted by Gasteiger charge is 2.22. The Hall–Kier alpha value is -1.68. The fourth-order valence-corrected chi connectivity index (χ4v) is 3.24. The zero-order valence-corrected chi connectivity index (χ0v) is 13.7. The van der Waals surface area contributed by atoms with Crippen molar-refractivity contribution in [3.63, 3.8) is 0 Å². The molecule has 2 aromatic rings. The molecule has 21 heavy (non-hydrogen) atoms. The van der Waals surface area contributed by atoms with Crippen LogP contribution in [0.4, 0.5) is 5.69 Å². The van der Waals surface area contributed by atoms with Crippen LogP contribution >= 0.6 is 15.9 Å². The molecule has 1 aliphatic carbocycles. The van der Waals surface area contributed by atoms with Gasteiger partial charge in [-0.25, -0.2) is 0 Å². The molecule has 0 amide bonds. The van der Waals surface area contributed by atoms with Crippen LogP contribution in [0, 0.1) is 0 Å². The quantitative estimate of drug-likeness (QED) is 0.878. The van der Waals surface area contributed by atoms with Gasteiger partial charge in [0, 0.05) is 28.4 Å². The van der Waals surface area contributed by atoms with Crippen LogP contribution in [-0.4, -0.2) is 14.2 Å². The lowest BCUT2D eigenvalue weighted by molar-refractivity contribution is 0.394. The topological polar surface area (TPSA) is 30.5 Å². The van der Waals surface area contributed by atoms with Crippen molar-refractivity contribution in [2.24, 2.45) is 0 Å². The van der Waals surface area contributed by atoms with E-state index in [9.17, 15) is 0 Å². The Balaban J connectivity index is 1.85. The molecule has 0 aliphatic heterocycles. The maximum absolute atomic E-state index is 5.32. The first-order chi connectivity index (χ1) is 10.2. The number of nitrogens with one attached hydrogen (secondary N) is 1. The molecule has 110 valence electrons. The third kappa shape index (κ3) is 3.00. The second-order valence-electron chi connectivity index (χ2n) is 5.18. The average molecular weight is 348 g/mol. The zero-order valence-electron chi connectivity index (χ0n) is 12.2. The van der Waals surface area contributed by atoms with Gasteiger partial charge in [0.25, 0.3) is 0 Å². The zero-order chi connectivity index (χ0) is 14.8. The number of ether oxygens (including phenoxy) is 2. The number of methoxy groups -OCH3 is 2. The van der Waals surface area contributed by atoms with Gasteiger partial charge in [-0.1, -0.05) is 22.0 Å². The monoisotopic (exact) mass is 347 g/mol. The van der Waals surface area contributed by atoms with Crippen LogP contribution in [0.3, 0.4) is 0 Å². The van der Waals surface area contributed by atoms with Gasteiger partial charge in [-0.2, -0.15) is 0 Å². The molecular weight excluding hydrogens is 330 g/mol. The first-order valence-corrected chi connectivity index (χ1v) is 7.77. The Morgan fingerprint density at radius 3 is 2.43 bits per heavy atom. The number of benzene rings is 2. The van der Waals surface area contributed by atoms with E-state index >= 15 is 0 Å². The van der Waals surface area contributed by atoms with Gasteiger partial charge in [-0.05, 0) is 36.1 Å². The number of halogens is 1. The first-order valence-electron chi connectivity index (χ1n) is 6.97. The van der Waals surface area contributed by atoms with E-state index in [0.29, 0.717) is 6.04 Å². The molecule has 1 N–H and O–H groups in total. The highest BCUT2D eigenvalue weighted by atomic mass is 79.9. The van der Waals surface area contributed by atoms with E-state index in [-0.39, 0.29) is 0 Å². The summed E-state index contributed by atoms with van der Waals surface area (Å²) in [6, 6.07) is 12.7. The molecular formula is C17H18BrNO2. The van der Waals surface area contributed by atoms with Crippen LogP contribution in [-0.2, 0) is 6.42 Å². The average Bonchev–Trinajstić information content (AvgIpc) is 2.88. The molecule has 0 heterocycles. The lowest BCUT2D eigenvalue weighted by Gasteiger charge is -2.17. The summed E-state index contributed by atoms with van der Waals surface area (Å²) in [5, 5.41) is 3.59. The molecule has 0 fully saturated rings. The maximum Gasteiger partial charge on any atom is 0.124 e. The summed E-state index contributed by atoms with van der Waals surface area (Å²) in [5.74, 6) is 1.59. The molecule has 3 rings (SSSR count). The van der Waals surface area contributed by atoms with Crippen molar-refractivity contribution in [2.45, 2.75) is 18.9 Å². The van der Waals surface area contributed by atoms with Crippen molar-refractivity contribution in [1.82, 2.24) is 0 Å². The standard InChI is InChI=1S/C17H18BrNO2/c1-20-14-8-13(9-15(10-14)21-2)19-17-6-3-11-7-12(18)4-5-16(11)17/h4-5,7-10,17,19H,3,6H2,1-2H3. The number of hydrogen-bond donors (Lipinski definition) is 1. The molecule has 1 atom stereocenters. The molecule has 4 heteroatoms. The van der Waals surface area contributed by atoms with Gasteiger partial charge < -0.3 is 14.8 Å². The highest BCUT2D eigenvalue weighted by molar-refractivity contribution is 9.10. The molecule has 0 aromatic heterocycles. The summed E-state index contributed by atoms with van der Waals surface area (Å²) in [6.45, 7) is 0. The van der Waals surface area contributed by atoms with E-state index < -0.39 is 0 Å². The fraction of sp³-hybridized carbons (Fsp3) is 0.294. The van der Waals surface area contributed by atoms with E-state index in [1.54, 1.807) is 14.2 Å². The van der Waals surface area contributed by atoms with E-state index in [0.717, 1.165) is 34.5 Å². The number of fused-ring (bicyclic) bond motifs is 1. The molecule has 3 nitrogen and oxygen atoms in total. The summed E-state index contributed by atoms with van der Waals surface area (Å²) in [4.78, 5) is 0. The van der Waals surface area contributed by atoms with Gasteiger partial charge in [-0.3, -0.25) is 0 Å². The summed E-state index contributed by atoms with van der Waals surface area (Å²) in [6.07, 6.45) is 2.21. The van der Waals surface area contributed by atoms with E-state index in [1.807, 2.05) is 18.2 Å². The van der Waals surface area contributed by atoms with Crippen molar-refractivity contribution in [3.05, 3.63) is 52.0 Å². The number of aryl methyl sites for hydroxylation is 1. The van der Waals surface area contributed by atoms with E-state index in [4.69, 9.17) is 9.47 Å². The smallest absolute Gasteiger partial charge is 0.124 e. The van der Waals surface area contributed by atoms with Crippen LogP contribution in [0.2, 0.25) is 0 Å². The molecule has 1 aliphatic rings. The third-order valence-corrected chi connectivity index (χ3v) is 4.37. The lowest BCUT2D eigenvalue weighted by atomic mass is 10.1. The molecule has 1 unspecified atom stereocenters. The predicted octanol–water partition coefficient (Wildman–Crippen LogP) is 4.57.